The molecule has 2 heterocycles. The van der Waals surface area contributed by atoms with Gasteiger partial charge in [-0.25, -0.2) is 0 Å². The zero-order valence-electron chi connectivity index (χ0n) is 12.1. The van der Waals surface area contributed by atoms with Gasteiger partial charge < -0.3 is 15.8 Å². The fourth-order valence-electron chi connectivity index (χ4n) is 2.75. The Bertz CT molecular complexity index is 633. The Labute approximate surface area is 119 Å². The van der Waals surface area contributed by atoms with E-state index in [4.69, 9.17) is 10.5 Å². The molecule has 106 valence electrons. The number of aryl methyl sites for hydroxylation is 1. The summed E-state index contributed by atoms with van der Waals surface area (Å²) in [5.41, 5.74) is 9.04. The predicted octanol–water partition coefficient (Wildman–Crippen LogP) is 3.11. The van der Waals surface area contributed by atoms with Crippen LogP contribution in [0, 0.1) is 6.92 Å². The van der Waals surface area contributed by atoms with Gasteiger partial charge in [0.15, 0.2) is 0 Å². The van der Waals surface area contributed by atoms with Crippen LogP contribution >= 0.6 is 0 Å². The quantitative estimate of drug-likeness (QED) is 0.824. The van der Waals surface area contributed by atoms with Crippen molar-refractivity contribution < 1.29 is 4.74 Å². The van der Waals surface area contributed by atoms with Gasteiger partial charge >= 0.3 is 0 Å². The minimum absolute atomic E-state index is 0.0818. The second-order valence-corrected chi connectivity index (χ2v) is 5.87. The van der Waals surface area contributed by atoms with E-state index in [9.17, 15) is 0 Å². The number of nitrogens with zero attached hydrogens (tertiary/aromatic N) is 1. The van der Waals surface area contributed by atoms with Crippen molar-refractivity contribution in [2.24, 2.45) is 0 Å². The summed E-state index contributed by atoms with van der Waals surface area (Å²) in [5, 5.41) is 5.85. The van der Waals surface area contributed by atoms with Gasteiger partial charge in [-0.05, 0) is 44.9 Å². The molecule has 1 saturated heterocycles. The van der Waals surface area contributed by atoms with E-state index < -0.39 is 0 Å². The lowest BCUT2D eigenvalue weighted by molar-refractivity contribution is 0.0658. The highest BCUT2D eigenvalue weighted by Crippen LogP contribution is 2.32. The number of hydrogen-bond donors (Lipinski definition) is 2. The van der Waals surface area contributed by atoms with Crippen LogP contribution in [0.25, 0.3) is 10.8 Å². The van der Waals surface area contributed by atoms with E-state index in [1.165, 1.54) is 0 Å². The molecule has 1 aliphatic heterocycles. The van der Waals surface area contributed by atoms with Crippen molar-refractivity contribution >= 4 is 22.1 Å². The molecule has 0 aliphatic carbocycles. The van der Waals surface area contributed by atoms with Crippen LogP contribution in [-0.4, -0.2) is 23.7 Å². The number of aromatic nitrogens is 1. The Morgan fingerprint density at radius 2 is 2.00 bits per heavy atom. The van der Waals surface area contributed by atoms with Gasteiger partial charge in [-0.3, -0.25) is 4.98 Å². The summed E-state index contributed by atoms with van der Waals surface area (Å²) in [7, 11) is 0. The highest BCUT2D eigenvalue weighted by molar-refractivity contribution is 6.01. The number of nitrogen functional groups attached to an aromatic ring is 1. The summed E-state index contributed by atoms with van der Waals surface area (Å²) in [6.07, 6.45) is 3.89. The van der Waals surface area contributed by atoms with Gasteiger partial charge in [0.2, 0.25) is 0 Å². The summed E-state index contributed by atoms with van der Waals surface area (Å²) in [6, 6.07) is 6.11. The van der Waals surface area contributed by atoms with Crippen molar-refractivity contribution in [2.75, 3.05) is 24.3 Å². The third kappa shape index (κ3) is 2.43. The highest BCUT2D eigenvalue weighted by atomic mass is 16.5. The standard InChI is InChI=1S/C16H21N3O/c1-11-9-12-13(10-18-11)14(17)3-4-15(12)19-16(2)5-7-20-8-6-16/h3-4,9-10,19H,5-8,17H2,1-2H3. The number of anilines is 2. The van der Waals surface area contributed by atoms with Crippen LogP contribution in [-0.2, 0) is 4.74 Å². The average Bonchev–Trinajstić information content (AvgIpc) is 2.43. The van der Waals surface area contributed by atoms with Crippen LogP contribution in [0.15, 0.2) is 24.4 Å². The van der Waals surface area contributed by atoms with Crippen molar-refractivity contribution in [3.63, 3.8) is 0 Å². The van der Waals surface area contributed by atoms with Crippen LogP contribution in [0.3, 0.4) is 0 Å². The van der Waals surface area contributed by atoms with Gasteiger partial charge in [0.25, 0.3) is 0 Å². The topological polar surface area (TPSA) is 60.2 Å². The Kier molecular flexibility index (Phi) is 3.26. The number of ether oxygens (including phenoxy) is 1. The van der Waals surface area contributed by atoms with Crippen LogP contribution in [0.2, 0.25) is 0 Å². The summed E-state index contributed by atoms with van der Waals surface area (Å²) in [6.45, 7) is 5.89. The maximum Gasteiger partial charge on any atom is 0.0488 e. The van der Waals surface area contributed by atoms with Crippen molar-refractivity contribution in [3.8, 4) is 0 Å². The van der Waals surface area contributed by atoms with Gasteiger partial charge in [0.1, 0.15) is 0 Å². The molecule has 0 saturated carbocycles. The maximum absolute atomic E-state index is 6.05. The molecular formula is C16H21N3O. The largest absolute Gasteiger partial charge is 0.398 e. The molecule has 4 nitrogen and oxygen atoms in total. The van der Waals surface area contributed by atoms with Gasteiger partial charge in [-0.1, -0.05) is 0 Å². The zero-order valence-corrected chi connectivity index (χ0v) is 12.1. The lowest BCUT2D eigenvalue weighted by Crippen LogP contribution is -2.40. The molecule has 1 aromatic carbocycles. The number of fused-ring (bicyclic) bond motifs is 1. The third-order valence-electron chi connectivity index (χ3n) is 4.10. The normalized spacial score (nSPS) is 18.1. The van der Waals surface area contributed by atoms with E-state index in [2.05, 4.69) is 29.4 Å². The Morgan fingerprint density at radius 3 is 2.75 bits per heavy atom. The molecule has 4 heteroatoms. The molecule has 3 rings (SSSR count). The number of rotatable bonds is 2. The average molecular weight is 271 g/mol. The van der Waals surface area contributed by atoms with Crippen LogP contribution in [0.5, 0.6) is 0 Å². The minimum atomic E-state index is 0.0818. The smallest absolute Gasteiger partial charge is 0.0488 e. The van der Waals surface area contributed by atoms with Crippen molar-refractivity contribution in [2.45, 2.75) is 32.2 Å². The summed E-state index contributed by atoms with van der Waals surface area (Å²) in [5.74, 6) is 0. The molecule has 0 atom stereocenters. The van der Waals surface area contributed by atoms with E-state index in [-0.39, 0.29) is 5.54 Å². The van der Waals surface area contributed by atoms with E-state index >= 15 is 0 Å². The zero-order chi connectivity index (χ0) is 14.2. The molecule has 0 unspecified atom stereocenters. The second kappa shape index (κ2) is 4.94. The van der Waals surface area contributed by atoms with E-state index in [1.54, 1.807) is 0 Å². The highest BCUT2D eigenvalue weighted by Gasteiger charge is 2.27. The Balaban J connectivity index is 2.03. The first-order valence-electron chi connectivity index (χ1n) is 7.08. The van der Waals surface area contributed by atoms with Gasteiger partial charge in [0, 0.05) is 52.8 Å². The fourth-order valence-corrected chi connectivity index (χ4v) is 2.75. The van der Waals surface area contributed by atoms with Crippen LogP contribution < -0.4 is 11.1 Å². The molecule has 0 amide bonds. The third-order valence-corrected chi connectivity index (χ3v) is 4.10. The Hall–Kier alpha value is -1.81. The van der Waals surface area contributed by atoms with Crippen LogP contribution in [0.1, 0.15) is 25.5 Å². The van der Waals surface area contributed by atoms with E-state index in [1.807, 2.05) is 19.2 Å². The molecule has 1 aliphatic rings. The first-order valence-corrected chi connectivity index (χ1v) is 7.08. The Morgan fingerprint density at radius 1 is 1.25 bits per heavy atom. The number of nitrogens with one attached hydrogen (secondary N) is 1. The van der Waals surface area contributed by atoms with Gasteiger partial charge in [-0.15, -0.1) is 0 Å². The SMILES string of the molecule is Cc1cc2c(NC3(C)CCOCC3)ccc(N)c2cn1. The number of hydrogen-bond acceptors (Lipinski definition) is 4. The van der Waals surface area contributed by atoms with Crippen molar-refractivity contribution in [3.05, 3.63) is 30.1 Å². The minimum Gasteiger partial charge on any atom is -0.398 e. The number of benzene rings is 1. The first kappa shape index (κ1) is 13.2. The predicted molar refractivity (Wildman–Crippen MR) is 83.0 cm³/mol. The fraction of sp³-hybridized carbons (Fsp3) is 0.438. The molecule has 1 aromatic heterocycles. The van der Waals surface area contributed by atoms with Crippen molar-refractivity contribution in [1.82, 2.24) is 4.98 Å². The molecule has 0 radical (unpaired) electrons. The number of pyridine rings is 1. The summed E-state index contributed by atoms with van der Waals surface area (Å²) >= 11 is 0. The second-order valence-electron chi connectivity index (χ2n) is 5.87. The molecule has 20 heavy (non-hydrogen) atoms. The first-order chi connectivity index (χ1) is 9.57. The number of nitrogens with two attached hydrogens (primary N) is 1. The molecular weight excluding hydrogens is 250 g/mol. The van der Waals surface area contributed by atoms with E-state index in [0.717, 1.165) is 53.9 Å². The van der Waals surface area contributed by atoms with Crippen molar-refractivity contribution in [1.29, 1.82) is 0 Å². The molecule has 0 bridgehead atoms. The summed E-state index contributed by atoms with van der Waals surface area (Å²) in [4.78, 5) is 4.35. The molecule has 2 aromatic rings. The lowest BCUT2D eigenvalue weighted by atomic mass is 9.91. The summed E-state index contributed by atoms with van der Waals surface area (Å²) < 4.78 is 5.46. The molecule has 0 spiro atoms. The van der Waals surface area contributed by atoms with Gasteiger partial charge in [-0.2, -0.15) is 0 Å². The van der Waals surface area contributed by atoms with Gasteiger partial charge in [0.05, 0.1) is 0 Å². The molecule has 1 fully saturated rings. The maximum atomic E-state index is 6.05. The van der Waals surface area contributed by atoms with Crippen LogP contribution in [0.4, 0.5) is 11.4 Å². The monoisotopic (exact) mass is 271 g/mol. The molecule has 3 N–H and O–H groups in total. The lowest BCUT2D eigenvalue weighted by Gasteiger charge is -2.36. The van der Waals surface area contributed by atoms with E-state index in [0.29, 0.717) is 0 Å².